The van der Waals surface area contributed by atoms with Gasteiger partial charge < -0.3 is 15.8 Å². The number of aliphatic imine (C=N–C) groups is 1. The molecule has 2 aromatic rings. The third-order valence-corrected chi connectivity index (χ3v) is 3.01. The van der Waals surface area contributed by atoms with Gasteiger partial charge in [0.2, 0.25) is 0 Å². The van der Waals surface area contributed by atoms with Crippen LogP contribution in [-0.4, -0.2) is 29.4 Å². The molecule has 2 rings (SSSR count). The van der Waals surface area contributed by atoms with Crippen molar-refractivity contribution in [1.29, 1.82) is 0 Å². The molecule has 1 aromatic heterocycles. The lowest BCUT2D eigenvalue weighted by molar-refractivity contribution is 0.415. The first-order valence-electron chi connectivity index (χ1n) is 6.86. The topological polar surface area (TPSA) is 77.5 Å². The van der Waals surface area contributed by atoms with Crippen LogP contribution >= 0.6 is 0 Å². The third-order valence-electron chi connectivity index (χ3n) is 3.01. The first-order chi connectivity index (χ1) is 10.2. The SMILES string of the molecule is COc1cccc(NC(N)=NCCCc2cnn(C)c2)c1. The van der Waals surface area contributed by atoms with Crippen LogP contribution in [0.15, 0.2) is 41.7 Å². The van der Waals surface area contributed by atoms with Crippen LogP contribution in [0.25, 0.3) is 0 Å². The Hall–Kier alpha value is -2.50. The lowest BCUT2D eigenvalue weighted by atomic mass is 10.2. The summed E-state index contributed by atoms with van der Waals surface area (Å²) in [5.41, 5.74) is 7.94. The van der Waals surface area contributed by atoms with Crippen LogP contribution in [0.5, 0.6) is 5.75 Å². The number of nitrogens with two attached hydrogens (primary N) is 1. The molecule has 6 heteroatoms. The van der Waals surface area contributed by atoms with E-state index in [1.54, 1.807) is 11.8 Å². The van der Waals surface area contributed by atoms with Crippen LogP contribution in [0.4, 0.5) is 5.69 Å². The minimum Gasteiger partial charge on any atom is -0.497 e. The number of aromatic nitrogens is 2. The first-order valence-corrected chi connectivity index (χ1v) is 6.86. The van der Waals surface area contributed by atoms with Gasteiger partial charge in [0, 0.05) is 31.5 Å². The Kier molecular flexibility index (Phi) is 5.20. The number of rotatable bonds is 6. The highest BCUT2D eigenvalue weighted by Crippen LogP contribution is 2.16. The van der Waals surface area contributed by atoms with Crippen LogP contribution in [0.2, 0.25) is 0 Å². The molecule has 0 radical (unpaired) electrons. The van der Waals surface area contributed by atoms with Gasteiger partial charge in [-0.1, -0.05) is 6.07 Å². The van der Waals surface area contributed by atoms with Gasteiger partial charge in [-0.3, -0.25) is 9.67 Å². The number of aryl methyl sites for hydroxylation is 2. The van der Waals surface area contributed by atoms with E-state index in [-0.39, 0.29) is 0 Å². The fraction of sp³-hybridized carbons (Fsp3) is 0.333. The summed E-state index contributed by atoms with van der Waals surface area (Å²) in [5.74, 6) is 1.19. The van der Waals surface area contributed by atoms with Gasteiger partial charge in [0.25, 0.3) is 0 Å². The summed E-state index contributed by atoms with van der Waals surface area (Å²) in [5, 5.41) is 7.19. The smallest absolute Gasteiger partial charge is 0.193 e. The lowest BCUT2D eigenvalue weighted by Crippen LogP contribution is -2.22. The van der Waals surface area contributed by atoms with E-state index in [4.69, 9.17) is 10.5 Å². The third kappa shape index (κ3) is 4.83. The normalized spacial score (nSPS) is 11.4. The molecule has 0 aliphatic rings. The Morgan fingerprint density at radius 2 is 2.33 bits per heavy atom. The average Bonchev–Trinajstić information content (AvgIpc) is 2.89. The molecule has 0 aliphatic carbocycles. The fourth-order valence-corrected chi connectivity index (χ4v) is 1.97. The number of ether oxygens (including phenoxy) is 1. The van der Waals surface area contributed by atoms with Gasteiger partial charge in [-0.15, -0.1) is 0 Å². The minimum atomic E-state index is 0.412. The molecule has 21 heavy (non-hydrogen) atoms. The van der Waals surface area contributed by atoms with Crippen LogP contribution in [0, 0.1) is 0 Å². The van der Waals surface area contributed by atoms with Crippen LogP contribution < -0.4 is 15.8 Å². The van der Waals surface area contributed by atoms with Crippen molar-refractivity contribution < 1.29 is 4.74 Å². The molecule has 0 saturated carbocycles. The fourth-order valence-electron chi connectivity index (χ4n) is 1.97. The molecule has 0 bridgehead atoms. The standard InChI is InChI=1S/C15H21N5O/c1-20-11-12(10-18-20)5-4-8-17-15(16)19-13-6-3-7-14(9-13)21-2/h3,6-7,9-11H,4-5,8H2,1-2H3,(H3,16,17,19). The summed E-state index contributed by atoms with van der Waals surface area (Å²) in [4.78, 5) is 4.31. The van der Waals surface area contributed by atoms with Crippen molar-refractivity contribution >= 4 is 11.6 Å². The molecule has 112 valence electrons. The van der Waals surface area contributed by atoms with Gasteiger partial charge in [-0.25, -0.2) is 0 Å². The van der Waals surface area contributed by atoms with E-state index in [1.807, 2.05) is 43.7 Å². The minimum absolute atomic E-state index is 0.412. The summed E-state index contributed by atoms with van der Waals surface area (Å²) >= 11 is 0. The largest absolute Gasteiger partial charge is 0.497 e. The number of nitrogens with one attached hydrogen (secondary N) is 1. The summed E-state index contributed by atoms with van der Waals surface area (Å²) in [6, 6.07) is 7.57. The molecule has 0 spiro atoms. The van der Waals surface area contributed by atoms with E-state index in [2.05, 4.69) is 15.4 Å². The van der Waals surface area contributed by atoms with Gasteiger partial charge >= 0.3 is 0 Å². The maximum atomic E-state index is 5.86. The molecular weight excluding hydrogens is 266 g/mol. The van der Waals surface area contributed by atoms with Gasteiger partial charge in [-0.05, 0) is 30.5 Å². The second kappa shape index (κ2) is 7.33. The van der Waals surface area contributed by atoms with Crippen molar-refractivity contribution in [2.24, 2.45) is 17.8 Å². The van der Waals surface area contributed by atoms with E-state index in [0.29, 0.717) is 12.5 Å². The quantitative estimate of drug-likeness (QED) is 0.482. The zero-order valence-electron chi connectivity index (χ0n) is 12.4. The maximum Gasteiger partial charge on any atom is 0.193 e. The summed E-state index contributed by atoms with van der Waals surface area (Å²) in [6.07, 6.45) is 5.78. The summed E-state index contributed by atoms with van der Waals surface area (Å²) in [6.45, 7) is 0.678. The maximum absolute atomic E-state index is 5.86. The van der Waals surface area contributed by atoms with E-state index < -0.39 is 0 Å². The molecule has 0 saturated heterocycles. The second-order valence-corrected chi connectivity index (χ2v) is 4.75. The molecular formula is C15H21N5O. The van der Waals surface area contributed by atoms with Crippen molar-refractivity contribution in [1.82, 2.24) is 9.78 Å². The lowest BCUT2D eigenvalue weighted by Gasteiger charge is -2.07. The van der Waals surface area contributed by atoms with Crippen molar-refractivity contribution in [3.05, 3.63) is 42.2 Å². The Morgan fingerprint density at radius 1 is 1.48 bits per heavy atom. The molecule has 0 amide bonds. The Balaban J connectivity index is 1.78. The Labute approximate surface area is 124 Å². The number of nitrogens with zero attached hydrogens (tertiary/aromatic N) is 3. The molecule has 0 unspecified atom stereocenters. The summed E-state index contributed by atoms with van der Waals surface area (Å²) in [7, 11) is 3.55. The Bertz CT molecular complexity index is 606. The zero-order valence-corrected chi connectivity index (χ0v) is 12.4. The highest BCUT2D eigenvalue weighted by atomic mass is 16.5. The molecule has 6 nitrogen and oxygen atoms in total. The molecule has 0 fully saturated rings. The van der Waals surface area contributed by atoms with Crippen molar-refractivity contribution in [2.75, 3.05) is 19.0 Å². The van der Waals surface area contributed by atoms with Crippen molar-refractivity contribution in [3.63, 3.8) is 0 Å². The Morgan fingerprint density at radius 3 is 3.05 bits per heavy atom. The average molecular weight is 287 g/mol. The van der Waals surface area contributed by atoms with Gasteiger partial charge in [-0.2, -0.15) is 5.10 Å². The molecule has 1 heterocycles. The van der Waals surface area contributed by atoms with E-state index in [1.165, 1.54) is 5.56 Å². The predicted molar refractivity (Wildman–Crippen MR) is 84.6 cm³/mol. The highest BCUT2D eigenvalue weighted by molar-refractivity contribution is 5.92. The van der Waals surface area contributed by atoms with Crippen LogP contribution in [0.1, 0.15) is 12.0 Å². The predicted octanol–water partition coefficient (Wildman–Crippen LogP) is 1.79. The van der Waals surface area contributed by atoms with Crippen LogP contribution in [0.3, 0.4) is 0 Å². The number of anilines is 1. The number of guanidine groups is 1. The number of methoxy groups -OCH3 is 1. The summed E-state index contributed by atoms with van der Waals surface area (Å²) < 4.78 is 6.96. The number of hydrogen-bond acceptors (Lipinski definition) is 3. The van der Waals surface area contributed by atoms with Crippen LogP contribution in [-0.2, 0) is 13.5 Å². The first kappa shape index (κ1) is 14.9. The molecule has 0 aliphatic heterocycles. The second-order valence-electron chi connectivity index (χ2n) is 4.75. The van der Waals surface area contributed by atoms with Crippen molar-refractivity contribution in [3.8, 4) is 5.75 Å². The number of hydrogen-bond donors (Lipinski definition) is 2. The monoisotopic (exact) mass is 287 g/mol. The molecule has 3 N–H and O–H groups in total. The van der Waals surface area contributed by atoms with Gasteiger partial charge in [0.1, 0.15) is 5.75 Å². The van der Waals surface area contributed by atoms with Gasteiger partial charge in [0.15, 0.2) is 5.96 Å². The number of benzene rings is 1. The van der Waals surface area contributed by atoms with E-state index in [9.17, 15) is 0 Å². The highest BCUT2D eigenvalue weighted by Gasteiger charge is 1.98. The molecule has 0 atom stereocenters. The zero-order chi connectivity index (χ0) is 15.1. The molecule has 1 aromatic carbocycles. The van der Waals surface area contributed by atoms with E-state index >= 15 is 0 Å². The van der Waals surface area contributed by atoms with Crippen molar-refractivity contribution in [2.45, 2.75) is 12.8 Å². The van der Waals surface area contributed by atoms with E-state index in [0.717, 1.165) is 24.3 Å². The van der Waals surface area contributed by atoms with Gasteiger partial charge in [0.05, 0.1) is 13.3 Å².